The van der Waals surface area contributed by atoms with Crippen LogP contribution < -0.4 is 10.6 Å². The topological polar surface area (TPSA) is 34.0 Å². The van der Waals surface area contributed by atoms with E-state index in [1.165, 1.54) is 96.3 Å². The third-order valence-electron chi connectivity index (χ3n) is 6.91. The van der Waals surface area contributed by atoms with E-state index in [1.54, 1.807) is 0 Å². The van der Waals surface area contributed by atoms with Gasteiger partial charge in [-0.2, -0.15) is 0 Å². The Morgan fingerprint density at radius 1 is 0.450 bits per heavy atom. The molecule has 2 saturated carbocycles. The molecule has 114 valence electrons. The molecule has 0 bridgehead atoms. The maximum Gasteiger partial charge on any atom is 0.0884 e. The Kier molecular flexibility index (Phi) is 3.38. The van der Waals surface area contributed by atoms with Crippen LogP contribution in [0, 0.1) is 0 Å². The van der Waals surface area contributed by atoms with Gasteiger partial charge in [0, 0.05) is 5.54 Å². The number of nitrogens with one attached hydrogen (secondary N) is 2. The lowest BCUT2D eigenvalue weighted by Gasteiger charge is -2.44. The maximum absolute atomic E-state index is 4.27. The molecule has 0 aromatic rings. The molecule has 1 unspecified atom stereocenters. The summed E-state index contributed by atoms with van der Waals surface area (Å²) in [7, 11) is 0. The molecule has 2 aliphatic heterocycles. The van der Waals surface area contributed by atoms with Crippen LogP contribution in [0.25, 0.3) is 0 Å². The average molecular weight is 276 g/mol. The quantitative estimate of drug-likeness (QED) is 0.649. The molecular formula is C18H32N2. The molecule has 2 aliphatic carbocycles. The second-order valence-electron chi connectivity index (χ2n) is 8.20. The molecule has 0 aromatic carbocycles. The van der Waals surface area contributed by atoms with Crippen LogP contribution in [0.4, 0.5) is 0 Å². The molecule has 2 saturated heterocycles. The van der Waals surface area contributed by atoms with Crippen molar-refractivity contribution in [2.75, 3.05) is 0 Å². The predicted molar refractivity (Wildman–Crippen MR) is 83.7 cm³/mol. The SMILES string of the molecule is C1CCC2(CC1)CCCCCC1(N2)NC12CCCCC2. The maximum atomic E-state index is 4.27. The summed E-state index contributed by atoms with van der Waals surface area (Å²) in [6, 6.07) is 0. The van der Waals surface area contributed by atoms with E-state index in [1.807, 2.05) is 0 Å². The first kappa shape index (κ1) is 13.6. The van der Waals surface area contributed by atoms with E-state index in [2.05, 4.69) is 10.6 Å². The Hall–Kier alpha value is -0.0800. The van der Waals surface area contributed by atoms with Gasteiger partial charge in [0.25, 0.3) is 0 Å². The van der Waals surface area contributed by atoms with Gasteiger partial charge in [-0.15, -0.1) is 0 Å². The summed E-state index contributed by atoms with van der Waals surface area (Å²) < 4.78 is 0. The third kappa shape index (κ3) is 2.14. The molecule has 2 N–H and O–H groups in total. The van der Waals surface area contributed by atoms with Crippen LogP contribution in [0.5, 0.6) is 0 Å². The number of hydrogen-bond donors (Lipinski definition) is 2. The van der Waals surface area contributed by atoms with Gasteiger partial charge in [0.2, 0.25) is 0 Å². The first-order valence-electron chi connectivity index (χ1n) is 9.37. The van der Waals surface area contributed by atoms with E-state index < -0.39 is 0 Å². The Morgan fingerprint density at radius 3 is 1.55 bits per heavy atom. The van der Waals surface area contributed by atoms with Crippen LogP contribution >= 0.6 is 0 Å². The smallest absolute Gasteiger partial charge is 0.0884 e. The highest BCUT2D eigenvalue weighted by molar-refractivity contribution is 5.27. The van der Waals surface area contributed by atoms with Gasteiger partial charge < -0.3 is 0 Å². The zero-order chi connectivity index (χ0) is 13.5. The number of rotatable bonds is 0. The molecule has 2 heteroatoms. The minimum Gasteiger partial charge on any atom is -0.292 e. The standard InChI is InChI=1S/C18H32N2/c1-4-10-16(11-5-1)12-6-2-9-15-18(19-16)17(20-18)13-7-3-8-14-17/h19-20H,1-15H2. The molecule has 2 heterocycles. The van der Waals surface area contributed by atoms with Crippen molar-refractivity contribution in [1.29, 1.82) is 0 Å². The van der Waals surface area contributed by atoms with Gasteiger partial charge in [-0.1, -0.05) is 57.8 Å². The highest BCUT2D eigenvalue weighted by Crippen LogP contribution is 2.53. The molecule has 4 fully saturated rings. The van der Waals surface area contributed by atoms with E-state index in [0.717, 1.165) is 0 Å². The van der Waals surface area contributed by atoms with Gasteiger partial charge in [-0.3, -0.25) is 10.6 Å². The van der Waals surface area contributed by atoms with Gasteiger partial charge in [0.1, 0.15) is 0 Å². The zero-order valence-electron chi connectivity index (χ0n) is 13.1. The molecule has 0 radical (unpaired) electrons. The minimum absolute atomic E-state index is 0.338. The number of fused-ring (bicyclic) bond motifs is 1. The predicted octanol–water partition coefficient (Wildman–Crippen LogP) is 4.25. The first-order valence-corrected chi connectivity index (χ1v) is 9.37. The molecule has 20 heavy (non-hydrogen) atoms. The highest BCUT2D eigenvalue weighted by atomic mass is 15.4. The van der Waals surface area contributed by atoms with E-state index in [9.17, 15) is 0 Å². The van der Waals surface area contributed by atoms with Crippen LogP contribution in [0.15, 0.2) is 0 Å². The van der Waals surface area contributed by atoms with E-state index in [4.69, 9.17) is 0 Å². The summed E-state index contributed by atoms with van der Waals surface area (Å²) in [5.74, 6) is 0. The summed E-state index contributed by atoms with van der Waals surface area (Å²) in [6.07, 6.45) is 21.6. The van der Waals surface area contributed by atoms with Gasteiger partial charge >= 0.3 is 0 Å². The molecule has 2 nitrogen and oxygen atoms in total. The molecule has 4 aliphatic rings. The Balaban J connectivity index is 1.55. The van der Waals surface area contributed by atoms with Gasteiger partial charge in [0.15, 0.2) is 0 Å². The van der Waals surface area contributed by atoms with Gasteiger partial charge in [0.05, 0.1) is 11.2 Å². The minimum atomic E-state index is 0.338. The normalized spacial score (nSPS) is 39.6. The Morgan fingerprint density at radius 2 is 0.950 bits per heavy atom. The molecule has 4 rings (SSSR count). The summed E-state index contributed by atoms with van der Waals surface area (Å²) in [5.41, 5.74) is 1.32. The third-order valence-corrected chi connectivity index (χ3v) is 6.91. The fourth-order valence-electron chi connectivity index (χ4n) is 5.75. The largest absolute Gasteiger partial charge is 0.292 e. The van der Waals surface area contributed by atoms with Crippen molar-refractivity contribution in [3.05, 3.63) is 0 Å². The van der Waals surface area contributed by atoms with Crippen LogP contribution in [0.3, 0.4) is 0 Å². The first-order chi connectivity index (χ1) is 9.79. The lowest BCUT2D eigenvalue weighted by molar-refractivity contribution is 0.145. The molecule has 1 atom stereocenters. The van der Waals surface area contributed by atoms with Gasteiger partial charge in [-0.05, 0) is 38.5 Å². The van der Waals surface area contributed by atoms with Crippen molar-refractivity contribution in [1.82, 2.24) is 10.6 Å². The van der Waals surface area contributed by atoms with Crippen molar-refractivity contribution in [2.24, 2.45) is 0 Å². The summed E-state index contributed by atoms with van der Waals surface area (Å²) in [5, 5.41) is 8.30. The molecule has 0 amide bonds. The average Bonchev–Trinajstić information content (AvgIpc) is 3.04. The lowest BCUT2D eigenvalue weighted by Crippen LogP contribution is -2.57. The molecule has 0 aromatic heterocycles. The van der Waals surface area contributed by atoms with Crippen LogP contribution in [-0.2, 0) is 0 Å². The van der Waals surface area contributed by atoms with Crippen LogP contribution in [0.2, 0.25) is 0 Å². The Labute approximate surface area is 124 Å². The van der Waals surface area contributed by atoms with Crippen molar-refractivity contribution in [2.45, 2.75) is 113 Å². The summed E-state index contributed by atoms with van der Waals surface area (Å²) >= 11 is 0. The van der Waals surface area contributed by atoms with Crippen LogP contribution in [0.1, 0.15) is 96.3 Å². The molecular weight excluding hydrogens is 244 g/mol. The second-order valence-corrected chi connectivity index (χ2v) is 8.20. The summed E-state index contributed by atoms with van der Waals surface area (Å²) in [6.45, 7) is 0. The zero-order valence-corrected chi connectivity index (χ0v) is 13.1. The monoisotopic (exact) mass is 276 g/mol. The fraction of sp³-hybridized carbons (Fsp3) is 1.00. The van der Waals surface area contributed by atoms with E-state index in [0.29, 0.717) is 16.7 Å². The van der Waals surface area contributed by atoms with Gasteiger partial charge in [-0.25, -0.2) is 0 Å². The summed E-state index contributed by atoms with van der Waals surface area (Å²) in [4.78, 5) is 0. The fourth-order valence-corrected chi connectivity index (χ4v) is 5.75. The second kappa shape index (κ2) is 4.98. The highest BCUT2D eigenvalue weighted by Gasteiger charge is 2.67. The lowest BCUT2D eigenvalue weighted by atomic mass is 9.73. The van der Waals surface area contributed by atoms with Crippen LogP contribution in [-0.4, -0.2) is 16.7 Å². The van der Waals surface area contributed by atoms with Crippen molar-refractivity contribution < 1.29 is 0 Å². The van der Waals surface area contributed by atoms with Crippen molar-refractivity contribution in [3.8, 4) is 0 Å². The van der Waals surface area contributed by atoms with E-state index in [-0.39, 0.29) is 0 Å². The van der Waals surface area contributed by atoms with Crippen molar-refractivity contribution in [3.63, 3.8) is 0 Å². The van der Waals surface area contributed by atoms with Crippen molar-refractivity contribution >= 4 is 0 Å². The number of hydrogen-bond acceptors (Lipinski definition) is 2. The Bertz CT molecular complexity index is 348. The molecule has 3 spiro atoms. The van der Waals surface area contributed by atoms with E-state index >= 15 is 0 Å².